The lowest BCUT2D eigenvalue weighted by molar-refractivity contribution is -0.143. The third-order valence-electron chi connectivity index (χ3n) is 3.70. The second-order valence-corrected chi connectivity index (χ2v) is 4.62. The van der Waals surface area contributed by atoms with Crippen LogP contribution in [0.1, 0.15) is 38.5 Å². The highest BCUT2D eigenvalue weighted by Crippen LogP contribution is 2.42. The molecule has 0 fully saturated rings. The molecule has 2 N–H and O–H groups in total. The fourth-order valence-corrected chi connectivity index (χ4v) is 3.01. The van der Waals surface area contributed by atoms with Crippen LogP contribution >= 0.6 is 0 Å². The molecule has 0 aromatic rings. The molecule has 2 aliphatic rings. The normalized spacial score (nSPS) is 29.8. The summed E-state index contributed by atoms with van der Waals surface area (Å²) in [5, 5.41) is 18.3. The Kier molecular flexibility index (Phi) is 2.99. The van der Waals surface area contributed by atoms with E-state index in [9.17, 15) is 9.59 Å². The fraction of sp³-hybridized carbons (Fsp3) is 0.667. The smallest absolute Gasteiger partial charge is 0.310 e. The maximum Gasteiger partial charge on any atom is 0.310 e. The van der Waals surface area contributed by atoms with Crippen molar-refractivity contribution >= 4 is 11.9 Å². The van der Waals surface area contributed by atoms with Crippen molar-refractivity contribution in [2.45, 2.75) is 38.5 Å². The van der Waals surface area contributed by atoms with Gasteiger partial charge in [0.2, 0.25) is 0 Å². The SMILES string of the molecule is O=C(O)C1CCCC2=C1C(C(=O)O)CCC2. The minimum Gasteiger partial charge on any atom is -0.481 e. The van der Waals surface area contributed by atoms with Crippen LogP contribution in [0.5, 0.6) is 0 Å². The Morgan fingerprint density at radius 1 is 0.938 bits per heavy atom. The highest BCUT2D eigenvalue weighted by molar-refractivity contribution is 5.80. The maximum atomic E-state index is 11.2. The second kappa shape index (κ2) is 4.28. The highest BCUT2D eigenvalue weighted by Gasteiger charge is 2.38. The molecule has 4 nitrogen and oxygen atoms in total. The number of hydrogen-bond acceptors (Lipinski definition) is 2. The number of aliphatic carboxylic acids is 2. The molecular formula is C12H16O4. The van der Waals surface area contributed by atoms with Gasteiger partial charge in [-0.2, -0.15) is 0 Å². The van der Waals surface area contributed by atoms with Gasteiger partial charge in [-0.05, 0) is 44.1 Å². The van der Waals surface area contributed by atoms with E-state index in [0.717, 1.165) is 36.8 Å². The van der Waals surface area contributed by atoms with Gasteiger partial charge >= 0.3 is 11.9 Å². The molecule has 0 bridgehead atoms. The number of carboxylic acids is 2. The molecule has 0 saturated heterocycles. The van der Waals surface area contributed by atoms with Crippen LogP contribution in [0, 0.1) is 11.8 Å². The van der Waals surface area contributed by atoms with Gasteiger partial charge in [0, 0.05) is 0 Å². The van der Waals surface area contributed by atoms with Crippen LogP contribution < -0.4 is 0 Å². The molecule has 0 amide bonds. The van der Waals surface area contributed by atoms with E-state index in [1.807, 2.05) is 0 Å². The first-order valence-corrected chi connectivity index (χ1v) is 5.78. The van der Waals surface area contributed by atoms with Gasteiger partial charge in [0.15, 0.2) is 0 Å². The minimum atomic E-state index is -0.861. The van der Waals surface area contributed by atoms with E-state index in [1.54, 1.807) is 0 Å². The third-order valence-corrected chi connectivity index (χ3v) is 3.70. The van der Waals surface area contributed by atoms with Gasteiger partial charge in [-0.25, -0.2) is 0 Å². The van der Waals surface area contributed by atoms with Crippen LogP contribution in [0.25, 0.3) is 0 Å². The molecule has 16 heavy (non-hydrogen) atoms. The average molecular weight is 224 g/mol. The maximum absolute atomic E-state index is 11.2. The summed E-state index contributed by atoms with van der Waals surface area (Å²) in [5.41, 5.74) is 1.83. The summed E-state index contributed by atoms with van der Waals surface area (Å²) in [4.78, 5) is 22.3. The molecule has 88 valence electrons. The van der Waals surface area contributed by atoms with Gasteiger partial charge in [-0.15, -0.1) is 0 Å². The van der Waals surface area contributed by atoms with Crippen molar-refractivity contribution in [2.24, 2.45) is 11.8 Å². The molecule has 0 aromatic heterocycles. The van der Waals surface area contributed by atoms with E-state index in [2.05, 4.69) is 0 Å². The lowest BCUT2D eigenvalue weighted by Crippen LogP contribution is -2.31. The summed E-state index contributed by atoms with van der Waals surface area (Å²) in [5.74, 6) is -2.82. The first-order valence-electron chi connectivity index (χ1n) is 5.78. The molecule has 0 heterocycles. The first-order chi connectivity index (χ1) is 7.61. The van der Waals surface area contributed by atoms with Crippen molar-refractivity contribution in [1.29, 1.82) is 0 Å². The lowest BCUT2D eigenvalue weighted by atomic mass is 9.70. The minimum absolute atomic E-state index is 0.551. The molecule has 2 aliphatic carbocycles. The molecule has 0 saturated carbocycles. The van der Waals surface area contributed by atoms with E-state index in [-0.39, 0.29) is 0 Å². The third kappa shape index (κ3) is 1.84. The zero-order valence-corrected chi connectivity index (χ0v) is 9.11. The number of allylic oxidation sites excluding steroid dienone is 1. The zero-order chi connectivity index (χ0) is 11.7. The quantitative estimate of drug-likeness (QED) is 0.704. The van der Waals surface area contributed by atoms with Crippen molar-refractivity contribution in [3.8, 4) is 0 Å². The molecular weight excluding hydrogens is 208 g/mol. The molecule has 2 unspecified atom stereocenters. The molecule has 4 heteroatoms. The van der Waals surface area contributed by atoms with Crippen molar-refractivity contribution in [3.63, 3.8) is 0 Å². The largest absolute Gasteiger partial charge is 0.481 e. The van der Waals surface area contributed by atoms with Crippen LogP contribution in [0.2, 0.25) is 0 Å². The predicted octanol–water partition coefficient (Wildman–Crippen LogP) is 2.05. The summed E-state index contributed by atoms with van der Waals surface area (Å²) in [6.45, 7) is 0. The Bertz CT molecular complexity index is 324. The van der Waals surface area contributed by atoms with Crippen molar-refractivity contribution < 1.29 is 19.8 Å². The fourth-order valence-electron chi connectivity index (χ4n) is 3.01. The Morgan fingerprint density at radius 3 is 1.75 bits per heavy atom. The summed E-state index contributed by atoms with van der Waals surface area (Å²) in [6, 6.07) is 0. The van der Waals surface area contributed by atoms with Gasteiger partial charge in [0.25, 0.3) is 0 Å². The van der Waals surface area contributed by atoms with Crippen LogP contribution in [-0.4, -0.2) is 22.2 Å². The predicted molar refractivity (Wildman–Crippen MR) is 57.0 cm³/mol. The highest BCUT2D eigenvalue weighted by atomic mass is 16.4. The summed E-state index contributed by atoms with van der Waals surface area (Å²) in [6.07, 6.45) is 4.73. The monoisotopic (exact) mass is 224 g/mol. The number of carboxylic acid groups (broad SMARTS) is 2. The standard InChI is InChI=1S/C12H16O4/c13-11(14)8-5-1-3-7-4-2-6-9(10(7)8)12(15)16/h8-9H,1-6H2,(H,13,14)(H,15,16). The van der Waals surface area contributed by atoms with E-state index in [0.29, 0.717) is 12.8 Å². The number of carbonyl (C=O) groups is 2. The molecule has 0 radical (unpaired) electrons. The first kappa shape index (κ1) is 11.2. The van der Waals surface area contributed by atoms with E-state index >= 15 is 0 Å². The summed E-state index contributed by atoms with van der Waals surface area (Å²) >= 11 is 0. The van der Waals surface area contributed by atoms with Crippen LogP contribution in [-0.2, 0) is 9.59 Å². The van der Waals surface area contributed by atoms with Gasteiger partial charge in [-0.1, -0.05) is 5.57 Å². The Morgan fingerprint density at radius 2 is 1.38 bits per heavy atom. The molecule has 0 aliphatic heterocycles. The molecule has 0 aromatic carbocycles. The van der Waals surface area contributed by atoms with Crippen LogP contribution in [0.15, 0.2) is 11.1 Å². The second-order valence-electron chi connectivity index (χ2n) is 4.62. The van der Waals surface area contributed by atoms with Crippen molar-refractivity contribution in [1.82, 2.24) is 0 Å². The van der Waals surface area contributed by atoms with Crippen molar-refractivity contribution in [2.75, 3.05) is 0 Å². The zero-order valence-electron chi connectivity index (χ0n) is 9.11. The average Bonchev–Trinajstić information content (AvgIpc) is 2.27. The van der Waals surface area contributed by atoms with E-state index in [4.69, 9.17) is 10.2 Å². The molecule has 0 spiro atoms. The Labute approximate surface area is 94.0 Å². The molecule has 2 atom stereocenters. The van der Waals surface area contributed by atoms with Crippen LogP contribution in [0.4, 0.5) is 0 Å². The van der Waals surface area contributed by atoms with E-state index in [1.165, 1.54) is 0 Å². The van der Waals surface area contributed by atoms with Gasteiger partial charge in [0.1, 0.15) is 0 Å². The number of hydrogen-bond donors (Lipinski definition) is 2. The summed E-state index contributed by atoms with van der Waals surface area (Å²) < 4.78 is 0. The number of rotatable bonds is 2. The summed E-state index contributed by atoms with van der Waals surface area (Å²) in [7, 11) is 0. The van der Waals surface area contributed by atoms with Gasteiger partial charge < -0.3 is 10.2 Å². The van der Waals surface area contributed by atoms with Gasteiger partial charge in [0.05, 0.1) is 11.8 Å². The van der Waals surface area contributed by atoms with Crippen molar-refractivity contribution in [3.05, 3.63) is 11.1 Å². The molecule has 2 rings (SSSR count). The Balaban J connectivity index is 2.38. The van der Waals surface area contributed by atoms with Crippen LogP contribution in [0.3, 0.4) is 0 Å². The van der Waals surface area contributed by atoms with E-state index < -0.39 is 23.8 Å². The lowest BCUT2D eigenvalue weighted by Gasteiger charge is -2.33. The topological polar surface area (TPSA) is 74.6 Å². The van der Waals surface area contributed by atoms with Gasteiger partial charge in [-0.3, -0.25) is 9.59 Å². The Hall–Kier alpha value is -1.32.